The van der Waals surface area contributed by atoms with Gasteiger partial charge in [-0.15, -0.1) is 0 Å². The van der Waals surface area contributed by atoms with Gasteiger partial charge in [0.2, 0.25) is 5.91 Å². The number of hydrogen-bond donors (Lipinski definition) is 3. The van der Waals surface area contributed by atoms with Gasteiger partial charge in [-0.05, 0) is 74.0 Å². The van der Waals surface area contributed by atoms with E-state index in [0.29, 0.717) is 29.5 Å². The van der Waals surface area contributed by atoms with Gasteiger partial charge in [0.1, 0.15) is 0 Å². The average molecular weight is 342 g/mol. The van der Waals surface area contributed by atoms with E-state index in [1.165, 1.54) is 6.42 Å². The van der Waals surface area contributed by atoms with E-state index < -0.39 is 5.60 Å². The van der Waals surface area contributed by atoms with Gasteiger partial charge >= 0.3 is 0 Å². The minimum absolute atomic E-state index is 0.0143. The van der Waals surface area contributed by atoms with Crippen LogP contribution in [0.2, 0.25) is 0 Å². The molecule has 4 bridgehead atoms. The van der Waals surface area contributed by atoms with Gasteiger partial charge in [0.25, 0.3) is 5.91 Å². The second-order valence-corrected chi connectivity index (χ2v) is 8.57. The lowest BCUT2D eigenvalue weighted by Crippen LogP contribution is -2.56. The Balaban J connectivity index is 1.45. The van der Waals surface area contributed by atoms with E-state index in [2.05, 4.69) is 10.6 Å². The molecule has 0 saturated heterocycles. The molecular weight excluding hydrogens is 316 g/mol. The van der Waals surface area contributed by atoms with E-state index in [-0.39, 0.29) is 17.2 Å². The number of nitrogens with one attached hydrogen (secondary N) is 2. The zero-order valence-electron chi connectivity index (χ0n) is 14.7. The van der Waals surface area contributed by atoms with E-state index in [1.54, 1.807) is 31.3 Å². The minimum Gasteiger partial charge on any atom is -0.390 e. The summed E-state index contributed by atoms with van der Waals surface area (Å²) in [4.78, 5) is 24.4. The van der Waals surface area contributed by atoms with E-state index in [1.807, 2.05) is 0 Å². The maximum atomic E-state index is 12.7. The fourth-order valence-corrected chi connectivity index (χ4v) is 6.04. The molecule has 1 aromatic carbocycles. The predicted octanol–water partition coefficient (Wildman–Crippen LogP) is 2.71. The zero-order chi connectivity index (χ0) is 17.7. The Morgan fingerprint density at radius 2 is 1.92 bits per heavy atom. The van der Waals surface area contributed by atoms with Crippen LogP contribution >= 0.6 is 0 Å². The number of aliphatic hydroxyl groups is 1. The summed E-state index contributed by atoms with van der Waals surface area (Å²) >= 11 is 0. The summed E-state index contributed by atoms with van der Waals surface area (Å²) < 4.78 is 0. The van der Waals surface area contributed by atoms with Crippen molar-refractivity contribution in [2.75, 3.05) is 12.4 Å². The number of carbonyl (C=O) groups excluding carboxylic acids is 2. The molecule has 0 aromatic heterocycles. The molecule has 2 atom stereocenters. The lowest BCUT2D eigenvalue weighted by atomic mass is 9.47. The molecule has 3 N–H and O–H groups in total. The lowest BCUT2D eigenvalue weighted by molar-refractivity contribution is -0.167. The van der Waals surface area contributed by atoms with Crippen LogP contribution in [0.4, 0.5) is 5.69 Å². The third-order valence-electron chi connectivity index (χ3n) is 6.32. The van der Waals surface area contributed by atoms with Gasteiger partial charge in [-0.1, -0.05) is 6.07 Å². The fourth-order valence-electron chi connectivity index (χ4n) is 6.04. The Kier molecular flexibility index (Phi) is 3.87. The summed E-state index contributed by atoms with van der Waals surface area (Å²) in [6.07, 6.45) is 6.42. The molecule has 0 heterocycles. The van der Waals surface area contributed by atoms with Crippen molar-refractivity contribution >= 4 is 17.5 Å². The Bertz CT molecular complexity index is 701. The molecular formula is C20H26N2O3. The van der Waals surface area contributed by atoms with E-state index in [4.69, 9.17) is 0 Å². The summed E-state index contributed by atoms with van der Waals surface area (Å²) in [5.41, 5.74) is 0.601. The normalized spacial score (nSPS) is 35.4. The summed E-state index contributed by atoms with van der Waals surface area (Å²) in [7, 11) is 1.59. The predicted molar refractivity (Wildman–Crippen MR) is 95.1 cm³/mol. The molecule has 5 nitrogen and oxygen atoms in total. The van der Waals surface area contributed by atoms with Gasteiger partial charge < -0.3 is 15.7 Å². The number of benzene rings is 1. The zero-order valence-corrected chi connectivity index (χ0v) is 14.7. The SMILES string of the molecule is CNC(=O)c1cccc(NC(=O)CC23CC4CC(CC(O)(C4)C2)C3)c1. The third kappa shape index (κ3) is 3.17. The van der Waals surface area contributed by atoms with Gasteiger partial charge in [0.05, 0.1) is 5.60 Å². The van der Waals surface area contributed by atoms with Crippen LogP contribution in [0.3, 0.4) is 0 Å². The molecule has 25 heavy (non-hydrogen) atoms. The third-order valence-corrected chi connectivity index (χ3v) is 6.32. The fraction of sp³-hybridized carbons (Fsp3) is 0.600. The summed E-state index contributed by atoms with van der Waals surface area (Å²) in [5, 5.41) is 16.4. The van der Waals surface area contributed by atoms with Crippen LogP contribution in [0.5, 0.6) is 0 Å². The van der Waals surface area contributed by atoms with Crippen molar-refractivity contribution < 1.29 is 14.7 Å². The van der Waals surface area contributed by atoms with Gasteiger partial charge in [-0.25, -0.2) is 0 Å². The highest BCUT2D eigenvalue weighted by molar-refractivity contribution is 5.97. The van der Waals surface area contributed by atoms with Crippen LogP contribution in [0.1, 0.15) is 55.3 Å². The number of hydrogen-bond acceptors (Lipinski definition) is 3. The Morgan fingerprint density at radius 3 is 2.56 bits per heavy atom. The van der Waals surface area contributed by atoms with Crippen molar-refractivity contribution in [3.8, 4) is 0 Å². The maximum Gasteiger partial charge on any atom is 0.251 e. The summed E-state index contributed by atoms with van der Waals surface area (Å²) in [5.74, 6) is 0.977. The Morgan fingerprint density at radius 1 is 1.20 bits per heavy atom. The van der Waals surface area contributed by atoms with Crippen LogP contribution in [0, 0.1) is 17.3 Å². The van der Waals surface area contributed by atoms with Crippen LogP contribution in [-0.2, 0) is 4.79 Å². The number of carbonyl (C=O) groups is 2. The van der Waals surface area contributed by atoms with Gasteiger partial charge in [-0.3, -0.25) is 9.59 Å². The van der Waals surface area contributed by atoms with Crippen LogP contribution in [0.25, 0.3) is 0 Å². The van der Waals surface area contributed by atoms with Crippen molar-refractivity contribution in [2.24, 2.45) is 17.3 Å². The quantitative estimate of drug-likeness (QED) is 0.787. The molecule has 4 fully saturated rings. The molecule has 4 saturated carbocycles. The highest BCUT2D eigenvalue weighted by Crippen LogP contribution is 2.62. The first-order chi connectivity index (χ1) is 11.9. The molecule has 0 aliphatic heterocycles. The van der Waals surface area contributed by atoms with Crippen molar-refractivity contribution in [2.45, 2.75) is 50.5 Å². The molecule has 134 valence electrons. The van der Waals surface area contributed by atoms with E-state index in [0.717, 1.165) is 32.1 Å². The first-order valence-corrected chi connectivity index (χ1v) is 9.23. The summed E-state index contributed by atoms with van der Waals surface area (Å²) in [6, 6.07) is 7.00. The van der Waals surface area contributed by atoms with Crippen molar-refractivity contribution in [3.05, 3.63) is 29.8 Å². The molecule has 5 rings (SSSR count). The molecule has 4 aliphatic carbocycles. The lowest BCUT2D eigenvalue weighted by Gasteiger charge is -2.60. The summed E-state index contributed by atoms with van der Waals surface area (Å²) in [6.45, 7) is 0. The van der Waals surface area contributed by atoms with Crippen LogP contribution < -0.4 is 10.6 Å². The van der Waals surface area contributed by atoms with Gasteiger partial charge in [-0.2, -0.15) is 0 Å². The molecule has 2 unspecified atom stereocenters. The van der Waals surface area contributed by atoms with Crippen LogP contribution in [0.15, 0.2) is 24.3 Å². The minimum atomic E-state index is -0.538. The monoisotopic (exact) mass is 342 g/mol. The number of rotatable bonds is 4. The first-order valence-electron chi connectivity index (χ1n) is 9.23. The highest BCUT2D eigenvalue weighted by atomic mass is 16.3. The Hall–Kier alpha value is -1.88. The van der Waals surface area contributed by atoms with Crippen molar-refractivity contribution in [1.82, 2.24) is 5.32 Å². The first kappa shape index (κ1) is 16.6. The smallest absolute Gasteiger partial charge is 0.251 e. The average Bonchev–Trinajstić information content (AvgIpc) is 2.51. The van der Waals surface area contributed by atoms with Crippen LogP contribution in [-0.4, -0.2) is 29.6 Å². The molecule has 1 aromatic rings. The topological polar surface area (TPSA) is 78.4 Å². The molecule has 5 heteroatoms. The maximum absolute atomic E-state index is 12.7. The second-order valence-electron chi connectivity index (χ2n) is 8.57. The van der Waals surface area contributed by atoms with E-state index >= 15 is 0 Å². The van der Waals surface area contributed by atoms with Gasteiger partial charge in [0.15, 0.2) is 0 Å². The van der Waals surface area contributed by atoms with Gasteiger partial charge in [0, 0.05) is 24.7 Å². The number of amides is 2. The highest BCUT2D eigenvalue weighted by Gasteiger charge is 2.57. The molecule has 4 aliphatic rings. The van der Waals surface area contributed by atoms with Crippen molar-refractivity contribution in [3.63, 3.8) is 0 Å². The van der Waals surface area contributed by atoms with E-state index in [9.17, 15) is 14.7 Å². The molecule has 0 spiro atoms. The largest absolute Gasteiger partial charge is 0.390 e. The Labute approximate surface area is 148 Å². The number of anilines is 1. The molecule has 0 radical (unpaired) electrons. The van der Waals surface area contributed by atoms with Crippen molar-refractivity contribution in [1.29, 1.82) is 0 Å². The molecule has 2 amide bonds. The standard InChI is InChI=1S/C20H26N2O3/c1-21-18(24)15-3-2-4-16(6-15)22-17(23)11-19-7-13-5-14(8-19)10-20(25,9-13)12-19/h2-4,6,13-14,25H,5,7-12H2,1H3,(H,21,24)(H,22,23). The second kappa shape index (κ2) is 5.84.